The summed E-state index contributed by atoms with van der Waals surface area (Å²) in [7, 11) is 0. The topological polar surface area (TPSA) is 119 Å². The number of carbonyl (C=O) groups is 3. The molecule has 304 valence electrons. The van der Waals surface area contributed by atoms with E-state index in [4.69, 9.17) is 10.5 Å². The van der Waals surface area contributed by atoms with Gasteiger partial charge in [0, 0.05) is 12.8 Å². The summed E-state index contributed by atoms with van der Waals surface area (Å²) >= 11 is 0. The van der Waals surface area contributed by atoms with E-state index in [1.165, 1.54) is 128 Å². The van der Waals surface area contributed by atoms with E-state index < -0.39 is 12.0 Å². The van der Waals surface area contributed by atoms with Crippen LogP contribution in [0.5, 0.6) is 0 Å². The van der Waals surface area contributed by atoms with Gasteiger partial charge in [-0.1, -0.05) is 173 Å². The Morgan fingerprint density at radius 1 is 0.577 bits per heavy atom. The van der Waals surface area contributed by atoms with E-state index in [1.54, 1.807) is 0 Å². The smallest absolute Gasteiger partial charge is 0.326 e. The zero-order chi connectivity index (χ0) is 38.2. The van der Waals surface area contributed by atoms with Crippen LogP contribution in [0.2, 0.25) is 0 Å². The number of hydrogen-bond donors (Lipinski definition) is 3. The van der Waals surface area contributed by atoms with Gasteiger partial charge in [-0.2, -0.15) is 0 Å². The molecule has 52 heavy (non-hydrogen) atoms. The number of allylic oxidation sites excluding steroid dienone is 3. The lowest BCUT2D eigenvalue weighted by Gasteiger charge is -2.15. The maximum atomic E-state index is 12.7. The van der Waals surface area contributed by atoms with Gasteiger partial charge in [0.05, 0.1) is 0 Å². The molecule has 2 unspecified atom stereocenters. The highest BCUT2D eigenvalue weighted by Gasteiger charge is 2.19. The summed E-state index contributed by atoms with van der Waals surface area (Å²) < 4.78 is 5.91. The molecule has 0 spiro atoms. The maximum Gasteiger partial charge on any atom is 0.326 e. The first-order valence-corrected chi connectivity index (χ1v) is 22.2. The van der Waals surface area contributed by atoms with Crippen LogP contribution in [-0.2, 0) is 19.1 Å². The Hall–Kier alpha value is -2.15. The molecule has 0 fully saturated rings. The van der Waals surface area contributed by atoms with Crippen molar-refractivity contribution in [2.45, 2.75) is 238 Å². The van der Waals surface area contributed by atoms with Crippen LogP contribution >= 0.6 is 0 Å². The summed E-state index contributed by atoms with van der Waals surface area (Å²) in [6, 6.07) is -0.872. The lowest BCUT2D eigenvalue weighted by atomic mass is 10.0. The summed E-state index contributed by atoms with van der Waals surface area (Å²) in [5, 5.41) is 11.9. The second-order valence-corrected chi connectivity index (χ2v) is 15.1. The monoisotopic (exact) mass is 733 g/mol. The minimum atomic E-state index is -1.02. The molecule has 0 radical (unpaired) electrons. The second kappa shape index (κ2) is 40.0. The third-order valence-electron chi connectivity index (χ3n) is 10.0. The normalized spacial score (nSPS) is 12.8. The third kappa shape index (κ3) is 36.2. The number of carboxylic acids is 1. The Bertz CT molecular complexity index is 874. The number of unbranched alkanes of at least 4 members (excludes halogenated alkanes) is 24. The number of carboxylic acid groups (broad SMARTS) is 1. The predicted octanol–water partition coefficient (Wildman–Crippen LogP) is 12.5. The summed E-state index contributed by atoms with van der Waals surface area (Å²) in [5.41, 5.74) is 5.48. The Kier molecular flexibility index (Phi) is 38.4. The molecule has 0 aliphatic rings. The van der Waals surface area contributed by atoms with E-state index in [2.05, 4.69) is 37.4 Å². The van der Waals surface area contributed by atoms with Crippen LogP contribution in [0.3, 0.4) is 0 Å². The molecular weight excluding hydrogens is 649 g/mol. The first kappa shape index (κ1) is 49.9. The van der Waals surface area contributed by atoms with E-state index >= 15 is 0 Å². The molecule has 4 N–H and O–H groups in total. The Morgan fingerprint density at radius 3 is 1.58 bits per heavy atom. The van der Waals surface area contributed by atoms with Gasteiger partial charge in [-0.25, -0.2) is 4.79 Å². The van der Waals surface area contributed by atoms with Crippen LogP contribution < -0.4 is 11.1 Å². The van der Waals surface area contributed by atoms with Crippen LogP contribution in [0.25, 0.3) is 0 Å². The van der Waals surface area contributed by atoms with E-state index in [-0.39, 0.29) is 18.0 Å². The SMILES string of the molecule is CCCCC/C=C\C/C=C\C(CCCCCCC(=O)NC(CCCN)C(=O)O)OC(=O)CCCCCCCCCCCCCCCCCCCCC. The first-order chi connectivity index (χ1) is 25.4. The molecule has 0 aromatic heterocycles. The number of aliphatic carboxylic acids is 1. The fourth-order valence-electron chi connectivity index (χ4n) is 6.64. The van der Waals surface area contributed by atoms with Crippen molar-refractivity contribution in [3.63, 3.8) is 0 Å². The molecule has 2 atom stereocenters. The first-order valence-electron chi connectivity index (χ1n) is 22.2. The molecule has 0 aliphatic heterocycles. The van der Waals surface area contributed by atoms with Gasteiger partial charge in [0.15, 0.2) is 0 Å². The second-order valence-electron chi connectivity index (χ2n) is 15.1. The van der Waals surface area contributed by atoms with Gasteiger partial charge in [0.1, 0.15) is 12.1 Å². The molecule has 0 saturated heterocycles. The van der Waals surface area contributed by atoms with Gasteiger partial charge >= 0.3 is 11.9 Å². The Labute approximate surface area is 321 Å². The van der Waals surface area contributed by atoms with Crippen LogP contribution in [0, 0.1) is 0 Å². The molecule has 7 nitrogen and oxygen atoms in total. The highest BCUT2D eigenvalue weighted by molar-refractivity contribution is 5.83. The summed E-state index contributed by atoms with van der Waals surface area (Å²) in [6.45, 7) is 4.90. The fourth-order valence-corrected chi connectivity index (χ4v) is 6.64. The van der Waals surface area contributed by atoms with Crippen LogP contribution in [0.4, 0.5) is 0 Å². The Balaban J connectivity index is 4.17. The van der Waals surface area contributed by atoms with Crippen LogP contribution in [-0.4, -0.2) is 41.6 Å². The van der Waals surface area contributed by atoms with Gasteiger partial charge in [-0.05, 0) is 70.4 Å². The standard InChI is InChI=1S/C45H84N2O5/c1-3-5-7-9-11-13-14-15-16-17-18-19-20-21-22-23-25-27-33-39-44(49)52-41(35-30-26-24-12-10-8-6-4-2)36-31-28-29-32-38-43(48)47-42(45(50)51)37-34-40-46/h12,24,30,35,41-42H,3-11,13-23,25-29,31-34,36-40,46H2,1-2H3,(H,47,48)(H,50,51)/b24-12-,35-30-. The zero-order valence-electron chi connectivity index (χ0n) is 34.2. The van der Waals surface area contributed by atoms with Gasteiger partial charge < -0.3 is 20.9 Å². The molecule has 0 aromatic rings. The van der Waals surface area contributed by atoms with E-state index in [0.717, 1.165) is 51.4 Å². The lowest BCUT2D eigenvalue weighted by Crippen LogP contribution is -2.40. The number of nitrogens with one attached hydrogen (secondary N) is 1. The van der Waals surface area contributed by atoms with Gasteiger partial charge in [-0.15, -0.1) is 0 Å². The summed E-state index contributed by atoms with van der Waals surface area (Å²) in [6.07, 6.45) is 45.4. The van der Waals surface area contributed by atoms with Crippen molar-refractivity contribution in [1.29, 1.82) is 0 Å². The molecule has 0 aromatic carbocycles. The highest BCUT2D eigenvalue weighted by Crippen LogP contribution is 2.16. The molecule has 0 aliphatic carbocycles. The number of hydrogen-bond acceptors (Lipinski definition) is 5. The maximum absolute atomic E-state index is 12.7. The van der Waals surface area contributed by atoms with Crippen molar-refractivity contribution in [3.8, 4) is 0 Å². The third-order valence-corrected chi connectivity index (χ3v) is 10.0. The number of rotatable bonds is 40. The molecule has 1 amide bonds. The molecule has 0 heterocycles. The minimum Gasteiger partial charge on any atom is -0.480 e. The van der Waals surface area contributed by atoms with E-state index in [1.807, 2.05) is 6.08 Å². The number of amides is 1. The van der Waals surface area contributed by atoms with Crippen molar-refractivity contribution >= 4 is 17.8 Å². The number of nitrogens with two attached hydrogens (primary N) is 1. The molecule has 0 bridgehead atoms. The van der Waals surface area contributed by atoms with Crippen molar-refractivity contribution in [2.75, 3.05) is 6.54 Å². The van der Waals surface area contributed by atoms with Crippen molar-refractivity contribution in [1.82, 2.24) is 5.32 Å². The molecular formula is C45H84N2O5. The Morgan fingerprint density at radius 2 is 1.06 bits per heavy atom. The molecule has 0 rings (SSSR count). The van der Waals surface area contributed by atoms with Crippen molar-refractivity contribution < 1.29 is 24.2 Å². The number of carbonyl (C=O) groups excluding carboxylic acids is 2. The lowest BCUT2D eigenvalue weighted by molar-refractivity contribution is -0.147. The van der Waals surface area contributed by atoms with E-state index in [0.29, 0.717) is 38.6 Å². The van der Waals surface area contributed by atoms with Gasteiger partial charge in [0.2, 0.25) is 5.91 Å². The summed E-state index contributed by atoms with van der Waals surface area (Å²) in [5.74, 6) is -1.34. The number of ether oxygens (including phenoxy) is 1. The fraction of sp³-hybridized carbons (Fsp3) is 0.844. The molecule has 0 saturated carbocycles. The van der Waals surface area contributed by atoms with Gasteiger partial charge in [-0.3, -0.25) is 9.59 Å². The zero-order valence-corrected chi connectivity index (χ0v) is 34.2. The quantitative estimate of drug-likeness (QED) is 0.0328. The number of esters is 1. The van der Waals surface area contributed by atoms with Gasteiger partial charge in [0.25, 0.3) is 0 Å². The van der Waals surface area contributed by atoms with E-state index in [9.17, 15) is 19.5 Å². The van der Waals surface area contributed by atoms with Crippen LogP contribution in [0.1, 0.15) is 226 Å². The molecule has 7 heteroatoms. The predicted molar refractivity (Wildman–Crippen MR) is 220 cm³/mol. The van der Waals surface area contributed by atoms with Crippen molar-refractivity contribution in [2.24, 2.45) is 5.73 Å². The average Bonchev–Trinajstić information content (AvgIpc) is 3.13. The van der Waals surface area contributed by atoms with Crippen molar-refractivity contribution in [3.05, 3.63) is 24.3 Å². The van der Waals surface area contributed by atoms with Crippen LogP contribution in [0.15, 0.2) is 24.3 Å². The summed E-state index contributed by atoms with van der Waals surface area (Å²) in [4.78, 5) is 36.3. The largest absolute Gasteiger partial charge is 0.480 e. The average molecular weight is 733 g/mol. The minimum absolute atomic E-state index is 0.101. The highest BCUT2D eigenvalue weighted by atomic mass is 16.5.